The Hall–Kier alpha value is -1.66. The molecular weight excluding hydrogens is 322 g/mol. The number of benzene rings is 1. The predicted molar refractivity (Wildman–Crippen MR) is 94.8 cm³/mol. The molecule has 2 aromatic rings. The average molecular weight is 347 g/mol. The van der Waals surface area contributed by atoms with Gasteiger partial charge in [-0.05, 0) is 12.1 Å². The minimum atomic E-state index is -3.22. The van der Waals surface area contributed by atoms with Crippen LogP contribution in [0.1, 0.15) is 37.0 Å². The molecule has 1 aliphatic rings. The summed E-state index contributed by atoms with van der Waals surface area (Å²) in [4.78, 5) is 7.37. The Balaban J connectivity index is 1.68. The van der Waals surface area contributed by atoms with E-state index in [0.29, 0.717) is 17.4 Å². The van der Waals surface area contributed by atoms with Gasteiger partial charge < -0.3 is 4.57 Å². The van der Waals surface area contributed by atoms with Crippen molar-refractivity contribution < 1.29 is 8.42 Å². The summed E-state index contributed by atoms with van der Waals surface area (Å²) in [7, 11) is -1.14. The molecule has 0 N–H and O–H groups in total. The van der Waals surface area contributed by atoms with Crippen molar-refractivity contribution in [3.8, 4) is 0 Å². The van der Waals surface area contributed by atoms with Crippen LogP contribution in [0.2, 0.25) is 0 Å². The largest absolute Gasteiger partial charge is 0.335 e. The van der Waals surface area contributed by atoms with Gasteiger partial charge in [-0.3, -0.25) is 4.90 Å². The number of sulfone groups is 1. The fourth-order valence-corrected chi connectivity index (χ4v) is 4.61. The van der Waals surface area contributed by atoms with Crippen LogP contribution in [0.25, 0.3) is 0 Å². The van der Waals surface area contributed by atoms with Crippen molar-refractivity contribution in [2.24, 2.45) is 7.05 Å². The molecule has 0 atom stereocenters. The predicted octanol–water partition coefficient (Wildman–Crippen LogP) is 2.38. The lowest BCUT2D eigenvalue weighted by Crippen LogP contribution is -2.34. The van der Waals surface area contributed by atoms with Crippen LogP contribution in [0.5, 0.6) is 0 Å². The first-order valence-electron chi connectivity index (χ1n) is 8.43. The van der Waals surface area contributed by atoms with E-state index in [4.69, 9.17) is 4.98 Å². The molecule has 1 aromatic heterocycles. The molecule has 1 aromatic carbocycles. The topological polar surface area (TPSA) is 55.2 Å². The molecule has 0 aliphatic carbocycles. The van der Waals surface area contributed by atoms with E-state index in [0.717, 1.165) is 31.0 Å². The van der Waals surface area contributed by atoms with E-state index < -0.39 is 9.84 Å². The van der Waals surface area contributed by atoms with E-state index >= 15 is 0 Å². The number of hydrogen-bond acceptors (Lipinski definition) is 4. The van der Waals surface area contributed by atoms with Gasteiger partial charge in [-0.25, -0.2) is 13.4 Å². The Morgan fingerprint density at radius 2 is 1.92 bits per heavy atom. The number of imidazole rings is 1. The molecule has 0 bridgehead atoms. The maximum absolute atomic E-state index is 12.4. The maximum Gasteiger partial charge on any atom is 0.179 e. The zero-order valence-corrected chi connectivity index (χ0v) is 15.4. The summed E-state index contributed by atoms with van der Waals surface area (Å²) in [5.74, 6) is 1.65. The molecule has 0 fully saturated rings. The molecule has 24 heavy (non-hydrogen) atoms. The summed E-state index contributed by atoms with van der Waals surface area (Å²) >= 11 is 0. The number of aromatic nitrogens is 2. The van der Waals surface area contributed by atoms with Crippen LogP contribution in [-0.4, -0.2) is 41.7 Å². The second kappa shape index (κ2) is 6.69. The number of rotatable bonds is 5. The van der Waals surface area contributed by atoms with E-state index in [1.54, 1.807) is 24.3 Å². The van der Waals surface area contributed by atoms with Crippen LogP contribution in [0.3, 0.4) is 0 Å². The number of nitrogens with zero attached hydrogens (tertiary/aromatic N) is 3. The quantitative estimate of drug-likeness (QED) is 0.833. The Kier molecular flexibility index (Phi) is 4.78. The van der Waals surface area contributed by atoms with Crippen molar-refractivity contribution in [2.75, 3.05) is 18.8 Å². The van der Waals surface area contributed by atoms with E-state index in [-0.39, 0.29) is 5.75 Å². The van der Waals surface area contributed by atoms with Crippen LogP contribution < -0.4 is 0 Å². The maximum atomic E-state index is 12.4. The van der Waals surface area contributed by atoms with Gasteiger partial charge in [-0.2, -0.15) is 0 Å². The third kappa shape index (κ3) is 3.39. The molecule has 0 saturated heterocycles. The Morgan fingerprint density at radius 3 is 2.58 bits per heavy atom. The monoisotopic (exact) mass is 347 g/mol. The molecule has 1 aliphatic heterocycles. The molecule has 0 radical (unpaired) electrons. The van der Waals surface area contributed by atoms with Crippen molar-refractivity contribution in [3.63, 3.8) is 0 Å². The Morgan fingerprint density at radius 1 is 1.21 bits per heavy atom. The van der Waals surface area contributed by atoms with Gasteiger partial charge in [0.15, 0.2) is 9.84 Å². The molecule has 5 nitrogen and oxygen atoms in total. The van der Waals surface area contributed by atoms with Gasteiger partial charge in [0.05, 0.1) is 16.3 Å². The third-order valence-corrected chi connectivity index (χ3v) is 6.37. The standard InChI is InChI=1S/C18H25N3O2S/c1-14(2)18-19-16-13-21(10-9-17(16)20(18)3)11-12-24(22,23)15-7-5-4-6-8-15/h4-8,14H,9-13H2,1-3H3. The second-order valence-corrected chi connectivity index (χ2v) is 8.84. The van der Waals surface area contributed by atoms with Crippen LogP contribution in [0, 0.1) is 0 Å². The van der Waals surface area contributed by atoms with Crippen molar-refractivity contribution in [2.45, 2.75) is 37.6 Å². The summed E-state index contributed by atoms with van der Waals surface area (Å²) in [5.41, 5.74) is 2.39. The van der Waals surface area contributed by atoms with Crippen LogP contribution in [-0.2, 0) is 29.9 Å². The highest BCUT2D eigenvalue weighted by atomic mass is 32.2. The van der Waals surface area contributed by atoms with Gasteiger partial charge in [0.2, 0.25) is 0 Å². The lowest BCUT2D eigenvalue weighted by molar-refractivity contribution is 0.263. The van der Waals surface area contributed by atoms with Gasteiger partial charge in [-0.15, -0.1) is 0 Å². The van der Waals surface area contributed by atoms with Gasteiger partial charge in [0.25, 0.3) is 0 Å². The van der Waals surface area contributed by atoms with Crippen molar-refractivity contribution in [1.29, 1.82) is 0 Å². The van der Waals surface area contributed by atoms with Crippen molar-refractivity contribution in [3.05, 3.63) is 47.5 Å². The highest BCUT2D eigenvalue weighted by molar-refractivity contribution is 7.91. The molecule has 6 heteroatoms. The lowest BCUT2D eigenvalue weighted by Gasteiger charge is -2.26. The summed E-state index contributed by atoms with van der Waals surface area (Å²) in [6, 6.07) is 8.69. The molecule has 0 unspecified atom stereocenters. The smallest absolute Gasteiger partial charge is 0.179 e. The summed E-state index contributed by atoms with van der Waals surface area (Å²) in [6.07, 6.45) is 0.928. The minimum Gasteiger partial charge on any atom is -0.335 e. The van der Waals surface area contributed by atoms with Crippen LogP contribution in [0.15, 0.2) is 35.2 Å². The SMILES string of the molecule is CC(C)c1nc2c(n1C)CCN(CCS(=O)(=O)c1ccccc1)C2. The van der Waals surface area contributed by atoms with Crippen LogP contribution >= 0.6 is 0 Å². The van der Waals surface area contributed by atoms with Gasteiger partial charge in [0, 0.05) is 44.7 Å². The molecule has 0 amide bonds. The zero-order chi connectivity index (χ0) is 17.3. The fourth-order valence-electron chi connectivity index (χ4n) is 3.31. The zero-order valence-electron chi connectivity index (χ0n) is 14.6. The first-order chi connectivity index (χ1) is 11.4. The normalized spacial score (nSPS) is 15.7. The molecule has 3 rings (SSSR count). The highest BCUT2D eigenvalue weighted by Gasteiger charge is 2.24. The lowest BCUT2D eigenvalue weighted by atomic mass is 10.1. The van der Waals surface area contributed by atoms with Gasteiger partial charge in [0.1, 0.15) is 5.82 Å². The number of fused-ring (bicyclic) bond motifs is 1. The van der Waals surface area contributed by atoms with Gasteiger partial charge in [-0.1, -0.05) is 32.0 Å². The van der Waals surface area contributed by atoms with Crippen molar-refractivity contribution >= 4 is 9.84 Å². The second-order valence-electron chi connectivity index (χ2n) is 6.74. The van der Waals surface area contributed by atoms with Crippen molar-refractivity contribution in [1.82, 2.24) is 14.5 Å². The molecule has 130 valence electrons. The summed E-state index contributed by atoms with van der Waals surface area (Å²) in [5, 5.41) is 0. The van der Waals surface area contributed by atoms with E-state index in [2.05, 4.69) is 30.4 Å². The van der Waals surface area contributed by atoms with Crippen LogP contribution in [0.4, 0.5) is 0 Å². The first kappa shape index (κ1) is 17.2. The first-order valence-corrected chi connectivity index (χ1v) is 10.1. The van der Waals surface area contributed by atoms with E-state index in [1.807, 2.05) is 6.07 Å². The molecular formula is C18H25N3O2S. The summed E-state index contributed by atoms with van der Waals surface area (Å²) in [6.45, 7) is 6.47. The van der Waals surface area contributed by atoms with Gasteiger partial charge >= 0.3 is 0 Å². The fraction of sp³-hybridized carbons (Fsp3) is 0.500. The third-order valence-electron chi connectivity index (χ3n) is 4.66. The summed E-state index contributed by atoms with van der Waals surface area (Å²) < 4.78 is 27.0. The molecule has 0 saturated carbocycles. The minimum absolute atomic E-state index is 0.149. The Bertz CT molecular complexity index is 810. The highest BCUT2D eigenvalue weighted by Crippen LogP contribution is 2.23. The van der Waals surface area contributed by atoms with E-state index in [1.165, 1.54) is 5.69 Å². The molecule has 2 heterocycles. The number of hydrogen-bond donors (Lipinski definition) is 0. The average Bonchev–Trinajstić information content (AvgIpc) is 2.90. The van der Waals surface area contributed by atoms with E-state index in [9.17, 15) is 8.42 Å². The molecule has 0 spiro atoms. The Labute approximate surface area is 144 Å².